The molecule has 2 atom stereocenters. The molecule has 7 N–H and O–H groups in total. The second-order valence-electron chi connectivity index (χ2n) is 12.4. The maximum absolute atomic E-state index is 13.8. The zero-order chi connectivity index (χ0) is 35.5. The summed E-state index contributed by atoms with van der Waals surface area (Å²) >= 11 is 0. The maximum atomic E-state index is 13.8. The van der Waals surface area contributed by atoms with E-state index in [4.69, 9.17) is 5.73 Å². The van der Waals surface area contributed by atoms with Crippen molar-refractivity contribution in [3.05, 3.63) is 38.3 Å². The molecule has 1 aromatic rings. The number of aromatic amines is 1. The molecule has 6 amide bonds. The van der Waals surface area contributed by atoms with Gasteiger partial charge in [-0.25, -0.2) is 0 Å². The molecule has 0 aliphatic heterocycles. The predicted molar refractivity (Wildman–Crippen MR) is 165 cm³/mol. The first-order valence-electron chi connectivity index (χ1n) is 15.0. The molecule has 2 unspecified atom stereocenters. The van der Waals surface area contributed by atoms with Crippen LogP contribution in [-0.4, -0.2) is 94.3 Å². The summed E-state index contributed by atoms with van der Waals surface area (Å²) in [7, 11) is 0. The molecular formula is C29H42N8O10. The van der Waals surface area contributed by atoms with E-state index in [1.807, 2.05) is 0 Å². The summed E-state index contributed by atoms with van der Waals surface area (Å²) in [4.78, 5) is 113. The van der Waals surface area contributed by atoms with Gasteiger partial charge in [-0.05, 0) is 31.1 Å². The Labute approximate surface area is 270 Å². The van der Waals surface area contributed by atoms with Gasteiger partial charge < -0.3 is 36.9 Å². The minimum absolute atomic E-state index is 0.225. The van der Waals surface area contributed by atoms with Crippen molar-refractivity contribution in [1.82, 2.24) is 31.2 Å². The van der Waals surface area contributed by atoms with Gasteiger partial charge >= 0.3 is 11.2 Å². The molecule has 258 valence electrons. The van der Waals surface area contributed by atoms with Gasteiger partial charge in [0, 0.05) is 12.3 Å². The Morgan fingerprint density at radius 1 is 1.00 bits per heavy atom. The van der Waals surface area contributed by atoms with Crippen LogP contribution < -0.4 is 32.6 Å². The number of ketones is 1. The van der Waals surface area contributed by atoms with Crippen LogP contribution in [0.1, 0.15) is 70.2 Å². The number of pyridine rings is 1. The Hall–Kier alpha value is -5.16. The van der Waals surface area contributed by atoms with Crippen molar-refractivity contribution in [3.8, 4) is 0 Å². The van der Waals surface area contributed by atoms with Crippen LogP contribution in [0.2, 0.25) is 0 Å². The van der Waals surface area contributed by atoms with E-state index in [9.17, 15) is 48.5 Å². The van der Waals surface area contributed by atoms with Gasteiger partial charge in [-0.1, -0.05) is 40.0 Å². The number of nitrogens with zero attached hydrogens (tertiary/aromatic N) is 2. The van der Waals surface area contributed by atoms with Crippen molar-refractivity contribution in [2.45, 2.75) is 71.9 Å². The first kappa shape index (κ1) is 38.0. The number of carbonyl (C=O) groups excluding carboxylic acids is 7. The van der Waals surface area contributed by atoms with E-state index in [0.717, 1.165) is 36.4 Å². The van der Waals surface area contributed by atoms with Crippen LogP contribution in [-0.2, 0) is 28.8 Å². The van der Waals surface area contributed by atoms with E-state index in [0.29, 0.717) is 12.8 Å². The van der Waals surface area contributed by atoms with E-state index in [2.05, 4.69) is 26.3 Å². The van der Waals surface area contributed by atoms with Crippen LogP contribution in [0.25, 0.3) is 0 Å². The predicted octanol–water partition coefficient (Wildman–Crippen LogP) is -1.37. The molecule has 1 aliphatic carbocycles. The van der Waals surface area contributed by atoms with Crippen molar-refractivity contribution in [2.24, 2.45) is 17.1 Å². The molecule has 47 heavy (non-hydrogen) atoms. The Kier molecular flexibility index (Phi) is 13.7. The second-order valence-corrected chi connectivity index (χ2v) is 12.4. The van der Waals surface area contributed by atoms with E-state index < -0.39 is 101 Å². The topological polar surface area (TPSA) is 273 Å². The third kappa shape index (κ3) is 11.9. The lowest BCUT2D eigenvalue weighted by atomic mass is 9.83. The summed E-state index contributed by atoms with van der Waals surface area (Å²) in [6.07, 6.45) is 4.90. The number of Topliss-reactive ketones (excluding diaryl/α,β-unsaturated/α-hetero) is 1. The first-order valence-corrected chi connectivity index (χ1v) is 15.0. The first-order chi connectivity index (χ1) is 21.9. The monoisotopic (exact) mass is 662 g/mol. The minimum Gasteiger partial charge on any atom is -0.368 e. The zero-order valence-corrected chi connectivity index (χ0v) is 26.8. The van der Waals surface area contributed by atoms with Gasteiger partial charge in [-0.2, -0.15) is 0 Å². The fraction of sp³-hybridized carbons (Fsp3) is 0.586. The number of hydrogen-bond acceptors (Lipinski definition) is 10. The molecular weight excluding hydrogens is 620 g/mol. The molecule has 0 bridgehead atoms. The molecule has 1 aliphatic rings. The summed E-state index contributed by atoms with van der Waals surface area (Å²) in [5.41, 5.74) is 2.01. The lowest BCUT2D eigenvalue weighted by Crippen LogP contribution is -2.59. The van der Waals surface area contributed by atoms with E-state index in [1.165, 1.54) is 6.92 Å². The van der Waals surface area contributed by atoms with Crippen LogP contribution in [0, 0.1) is 21.4 Å². The van der Waals surface area contributed by atoms with Gasteiger partial charge in [0.25, 0.3) is 5.91 Å². The van der Waals surface area contributed by atoms with E-state index in [-0.39, 0.29) is 11.5 Å². The molecule has 0 spiro atoms. The number of nitrogens with one attached hydrogen (secondary N) is 5. The lowest BCUT2D eigenvalue weighted by molar-refractivity contribution is -0.386. The van der Waals surface area contributed by atoms with Crippen LogP contribution in [0.3, 0.4) is 0 Å². The van der Waals surface area contributed by atoms with Crippen LogP contribution >= 0.6 is 0 Å². The number of primary amides is 1. The molecule has 0 radical (unpaired) electrons. The summed E-state index contributed by atoms with van der Waals surface area (Å²) in [6, 6.07) is -1.55. The van der Waals surface area contributed by atoms with Crippen LogP contribution in [0.5, 0.6) is 0 Å². The van der Waals surface area contributed by atoms with E-state index in [1.54, 1.807) is 20.8 Å². The Morgan fingerprint density at radius 3 is 2.19 bits per heavy atom. The number of rotatable bonds is 15. The van der Waals surface area contributed by atoms with Crippen molar-refractivity contribution in [2.75, 3.05) is 26.2 Å². The summed E-state index contributed by atoms with van der Waals surface area (Å²) in [5.74, 6) is -5.34. The molecule has 2 rings (SSSR count). The average Bonchev–Trinajstić information content (AvgIpc) is 2.99. The normalized spacial score (nSPS) is 14.6. The van der Waals surface area contributed by atoms with Crippen LogP contribution in [0.15, 0.2) is 17.1 Å². The summed E-state index contributed by atoms with van der Waals surface area (Å²) < 4.78 is 0. The molecule has 1 aromatic heterocycles. The zero-order valence-electron chi connectivity index (χ0n) is 26.8. The van der Waals surface area contributed by atoms with Gasteiger partial charge in [-0.15, -0.1) is 0 Å². The van der Waals surface area contributed by atoms with Gasteiger partial charge in [0.1, 0.15) is 24.4 Å². The summed E-state index contributed by atoms with van der Waals surface area (Å²) in [5, 5.41) is 20.8. The minimum atomic E-state index is -1.29. The third-order valence-electron chi connectivity index (χ3n) is 7.39. The number of amides is 6. The van der Waals surface area contributed by atoms with Crippen molar-refractivity contribution in [3.63, 3.8) is 0 Å². The van der Waals surface area contributed by atoms with E-state index >= 15 is 0 Å². The number of nitro groups is 1. The highest BCUT2D eigenvalue weighted by molar-refractivity contribution is 5.98. The molecule has 18 heteroatoms. The number of carbonyl (C=O) groups is 7. The maximum Gasteiger partial charge on any atom is 0.334 e. The fourth-order valence-corrected chi connectivity index (χ4v) is 5.07. The van der Waals surface area contributed by atoms with Crippen LogP contribution in [0.4, 0.5) is 5.69 Å². The standard InChI is InChI=1S/C29H42N8O10/c1-16(38)14-36(15-22(41)34-23(17-8-6-5-7-9-17)27(44)32-12-20(30)39)28(45)24(29(2,3)4)35-21(40)13-33-25(42)18-10-19(37(46)47)26(43)31-11-18/h10-11,17,23-24H,5-9,12-15H2,1-4H3,(H2,30,39)(H,31,43)(H,32,44)(H,33,42)(H,34,41)(H,35,40). The van der Waals surface area contributed by atoms with Gasteiger partial charge in [0.15, 0.2) is 0 Å². The van der Waals surface area contributed by atoms with Crippen molar-refractivity contribution < 1.29 is 38.5 Å². The molecule has 1 saturated carbocycles. The molecule has 1 heterocycles. The number of aromatic nitrogens is 1. The van der Waals surface area contributed by atoms with Gasteiger partial charge in [0.05, 0.1) is 30.1 Å². The molecule has 0 aromatic carbocycles. The van der Waals surface area contributed by atoms with Crippen molar-refractivity contribution >= 4 is 46.9 Å². The highest BCUT2D eigenvalue weighted by Gasteiger charge is 2.38. The summed E-state index contributed by atoms with van der Waals surface area (Å²) in [6.45, 7) is 3.88. The lowest BCUT2D eigenvalue weighted by Gasteiger charge is -2.35. The quantitative estimate of drug-likeness (QED) is 0.0947. The third-order valence-corrected chi connectivity index (χ3v) is 7.39. The smallest absolute Gasteiger partial charge is 0.334 e. The SMILES string of the molecule is CC(=O)CN(CC(=O)NC(C(=O)NCC(N)=O)C1CCCCC1)C(=O)C(NC(=O)CNC(=O)c1c[nH]c(=O)c([N+](=O)[O-])c1)C(C)(C)C. The van der Waals surface area contributed by atoms with Crippen molar-refractivity contribution in [1.29, 1.82) is 0 Å². The van der Waals surface area contributed by atoms with Gasteiger partial charge in [-0.3, -0.25) is 48.5 Å². The Bertz CT molecular complexity index is 1440. The number of H-pyrrole nitrogens is 1. The second kappa shape index (κ2) is 17.0. The fourth-order valence-electron chi connectivity index (χ4n) is 5.07. The average molecular weight is 663 g/mol. The molecule has 18 nitrogen and oxygen atoms in total. The Morgan fingerprint density at radius 2 is 1.64 bits per heavy atom. The molecule has 1 fully saturated rings. The number of hydrogen-bond donors (Lipinski definition) is 6. The Balaban J connectivity index is 2.18. The highest BCUT2D eigenvalue weighted by Crippen LogP contribution is 2.27. The molecule has 0 saturated heterocycles. The van der Waals surface area contributed by atoms with Gasteiger partial charge in [0.2, 0.25) is 29.5 Å². The number of nitrogens with two attached hydrogens (primary N) is 1. The largest absolute Gasteiger partial charge is 0.368 e. The highest BCUT2D eigenvalue weighted by atomic mass is 16.6.